The fraction of sp³-hybridized carbons (Fsp3) is 0.600. The first kappa shape index (κ1) is 16.3. The van der Waals surface area contributed by atoms with Crippen molar-refractivity contribution in [1.29, 1.82) is 0 Å². The Morgan fingerprint density at radius 3 is 2.67 bits per heavy atom. The Morgan fingerprint density at radius 2 is 2.10 bits per heavy atom. The molecule has 0 amide bonds. The van der Waals surface area contributed by atoms with Crippen LogP contribution < -0.4 is 10.6 Å². The van der Waals surface area contributed by atoms with Gasteiger partial charge in [-0.2, -0.15) is 0 Å². The highest BCUT2D eigenvalue weighted by Crippen LogP contribution is 2.25. The van der Waals surface area contributed by atoms with E-state index in [1.54, 1.807) is 0 Å². The molecule has 21 heavy (non-hydrogen) atoms. The van der Waals surface area contributed by atoms with Gasteiger partial charge in [0.15, 0.2) is 5.96 Å². The lowest BCUT2D eigenvalue weighted by atomic mass is 10.3. The van der Waals surface area contributed by atoms with Crippen molar-refractivity contribution in [3.63, 3.8) is 0 Å². The number of hydrogen-bond acceptors (Lipinski definition) is 3. The topological polar surface area (TPSA) is 57.8 Å². The van der Waals surface area contributed by atoms with Crippen molar-refractivity contribution in [3.05, 3.63) is 23.9 Å². The minimum atomic E-state index is 0. The van der Waals surface area contributed by atoms with E-state index in [0.717, 1.165) is 24.5 Å². The van der Waals surface area contributed by atoms with E-state index in [0.29, 0.717) is 18.5 Å². The average molecular weight is 401 g/mol. The van der Waals surface area contributed by atoms with Crippen LogP contribution in [0.15, 0.2) is 23.3 Å². The number of guanidine groups is 1. The molecule has 2 heterocycles. The average Bonchev–Trinajstić information content (AvgIpc) is 3.19. The molecule has 0 spiro atoms. The van der Waals surface area contributed by atoms with Gasteiger partial charge in [-0.1, -0.05) is 6.07 Å². The van der Waals surface area contributed by atoms with Gasteiger partial charge in [0.25, 0.3) is 0 Å². The number of nitrogens with zero attached hydrogens (tertiary/aromatic N) is 4. The lowest BCUT2D eigenvalue weighted by molar-refractivity contribution is 0.487. The molecule has 116 valence electrons. The summed E-state index contributed by atoms with van der Waals surface area (Å²) in [6, 6.07) is 4.81. The maximum absolute atomic E-state index is 5.98. The van der Waals surface area contributed by atoms with Crippen LogP contribution in [-0.4, -0.2) is 42.0 Å². The first-order valence-corrected chi connectivity index (χ1v) is 7.46. The summed E-state index contributed by atoms with van der Waals surface area (Å²) in [5.41, 5.74) is 7.09. The van der Waals surface area contributed by atoms with Crippen LogP contribution in [0, 0.1) is 0 Å². The Balaban J connectivity index is 0.00000161. The molecule has 1 saturated carbocycles. The standard InChI is InChI=1S/C15H23N5.HI/c1-19(13-5-6-13)15(16)18-11-12-4-7-14(17-10-12)20-8-2-3-9-20;/h4,7,10,13H,2-3,5-6,8-9,11H2,1H3,(H2,16,18);1H. The largest absolute Gasteiger partial charge is 0.370 e. The first-order chi connectivity index (χ1) is 9.74. The number of rotatable bonds is 4. The van der Waals surface area contributed by atoms with E-state index in [1.165, 1.54) is 25.7 Å². The van der Waals surface area contributed by atoms with Gasteiger partial charge in [0.2, 0.25) is 0 Å². The summed E-state index contributed by atoms with van der Waals surface area (Å²) in [4.78, 5) is 13.4. The number of aliphatic imine (C=N–C) groups is 1. The van der Waals surface area contributed by atoms with Gasteiger partial charge >= 0.3 is 0 Å². The molecule has 0 bridgehead atoms. The van der Waals surface area contributed by atoms with Crippen molar-refractivity contribution in [2.24, 2.45) is 10.7 Å². The molecule has 3 rings (SSSR count). The van der Waals surface area contributed by atoms with Gasteiger partial charge in [-0.05, 0) is 37.3 Å². The number of halogens is 1. The van der Waals surface area contributed by atoms with Gasteiger partial charge in [-0.25, -0.2) is 9.98 Å². The third-order valence-corrected chi connectivity index (χ3v) is 4.12. The van der Waals surface area contributed by atoms with Crippen LogP contribution in [0.25, 0.3) is 0 Å². The number of anilines is 1. The summed E-state index contributed by atoms with van der Waals surface area (Å²) in [5, 5.41) is 0. The Bertz CT molecular complexity index is 477. The van der Waals surface area contributed by atoms with E-state index in [2.05, 4.69) is 31.9 Å². The van der Waals surface area contributed by atoms with Crippen molar-refractivity contribution < 1.29 is 0 Å². The number of aromatic nitrogens is 1. The van der Waals surface area contributed by atoms with Gasteiger partial charge in [-0.15, -0.1) is 24.0 Å². The summed E-state index contributed by atoms with van der Waals surface area (Å²) in [6.45, 7) is 2.86. The monoisotopic (exact) mass is 401 g/mol. The highest BCUT2D eigenvalue weighted by molar-refractivity contribution is 14.0. The summed E-state index contributed by atoms with van der Waals surface area (Å²) < 4.78 is 0. The van der Waals surface area contributed by atoms with Crippen LogP contribution in [0.3, 0.4) is 0 Å². The summed E-state index contributed by atoms with van der Waals surface area (Å²) in [7, 11) is 2.02. The zero-order valence-corrected chi connectivity index (χ0v) is 14.9. The SMILES string of the molecule is CN(C(N)=NCc1ccc(N2CCCC2)nc1)C1CC1.I. The molecule has 1 aliphatic carbocycles. The highest BCUT2D eigenvalue weighted by Gasteiger charge is 2.27. The molecule has 1 saturated heterocycles. The lowest BCUT2D eigenvalue weighted by Gasteiger charge is -2.17. The van der Waals surface area contributed by atoms with E-state index < -0.39 is 0 Å². The minimum Gasteiger partial charge on any atom is -0.370 e. The van der Waals surface area contributed by atoms with Gasteiger partial charge in [-0.3, -0.25) is 0 Å². The summed E-state index contributed by atoms with van der Waals surface area (Å²) in [5.74, 6) is 1.72. The fourth-order valence-electron chi connectivity index (χ4n) is 2.58. The maximum Gasteiger partial charge on any atom is 0.191 e. The predicted octanol–water partition coefficient (Wildman–Crippen LogP) is 2.21. The van der Waals surface area contributed by atoms with Crippen LogP contribution in [0.2, 0.25) is 0 Å². The molecule has 2 aliphatic rings. The Kier molecular flexibility index (Phi) is 5.66. The van der Waals surface area contributed by atoms with Gasteiger partial charge in [0.1, 0.15) is 5.82 Å². The zero-order chi connectivity index (χ0) is 13.9. The second kappa shape index (κ2) is 7.29. The second-order valence-electron chi connectivity index (χ2n) is 5.74. The third-order valence-electron chi connectivity index (χ3n) is 4.12. The van der Waals surface area contributed by atoms with Crippen LogP contribution in [0.5, 0.6) is 0 Å². The molecular weight excluding hydrogens is 377 g/mol. The molecule has 0 unspecified atom stereocenters. The zero-order valence-electron chi connectivity index (χ0n) is 12.5. The van der Waals surface area contributed by atoms with E-state index in [1.807, 2.05) is 13.2 Å². The van der Waals surface area contributed by atoms with Crippen LogP contribution >= 0.6 is 24.0 Å². The second-order valence-corrected chi connectivity index (χ2v) is 5.74. The molecule has 0 atom stereocenters. The molecule has 6 heteroatoms. The van der Waals surface area contributed by atoms with E-state index in [9.17, 15) is 0 Å². The molecule has 5 nitrogen and oxygen atoms in total. The molecule has 0 aromatic carbocycles. The van der Waals surface area contributed by atoms with Crippen LogP contribution in [0.4, 0.5) is 5.82 Å². The number of pyridine rings is 1. The predicted molar refractivity (Wildman–Crippen MR) is 97.2 cm³/mol. The molecule has 2 fully saturated rings. The maximum atomic E-state index is 5.98. The van der Waals surface area contributed by atoms with Crippen LogP contribution in [-0.2, 0) is 6.54 Å². The fourth-order valence-corrected chi connectivity index (χ4v) is 2.58. The Morgan fingerprint density at radius 1 is 1.38 bits per heavy atom. The molecule has 2 N–H and O–H groups in total. The third kappa shape index (κ3) is 4.21. The lowest BCUT2D eigenvalue weighted by Crippen LogP contribution is -2.35. The minimum absolute atomic E-state index is 0. The normalized spacial score (nSPS) is 18.5. The van der Waals surface area contributed by atoms with Crippen molar-refractivity contribution in [3.8, 4) is 0 Å². The summed E-state index contributed by atoms with van der Waals surface area (Å²) in [6.07, 6.45) is 6.94. The highest BCUT2D eigenvalue weighted by atomic mass is 127. The summed E-state index contributed by atoms with van der Waals surface area (Å²) >= 11 is 0. The van der Waals surface area contributed by atoms with Crippen LogP contribution in [0.1, 0.15) is 31.2 Å². The first-order valence-electron chi connectivity index (χ1n) is 7.46. The van der Waals surface area contributed by atoms with Gasteiger partial charge in [0.05, 0.1) is 6.54 Å². The molecule has 1 aromatic rings. The molecule has 0 radical (unpaired) electrons. The van der Waals surface area contributed by atoms with E-state index in [4.69, 9.17) is 5.73 Å². The molecule has 1 aromatic heterocycles. The van der Waals surface area contributed by atoms with Gasteiger partial charge in [0, 0.05) is 32.4 Å². The quantitative estimate of drug-likeness (QED) is 0.478. The van der Waals surface area contributed by atoms with E-state index >= 15 is 0 Å². The number of hydrogen-bond donors (Lipinski definition) is 1. The van der Waals surface area contributed by atoms with E-state index in [-0.39, 0.29) is 24.0 Å². The smallest absolute Gasteiger partial charge is 0.191 e. The van der Waals surface area contributed by atoms with Crippen molar-refractivity contribution in [1.82, 2.24) is 9.88 Å². The Hall–Kier alpha value is -1.05. The number of nitrogens with two attached hydrogens (primary N) is 1. The van der Waals surface area contributed by atoms with Crippen molar-refractivity contribution in [2.75, 3.05) is 25.0 Å². The van der Waals surface area contributed by atoms with Crippen molar-refractivity contribution in [2.45, 2.75) is 38.3 Å². The molecular formula is C15H24IN5. The van der Waals surface area contributed by atoms with Crippen molar-refractivity contribution >= 4 is 35.8 Å². The molecule has 1 aliphatic heterocycles. The Labute approximate surface area is 143 Å². The van der Waals surface area contributed by atoms with Gasteiger partial charge < -0.3 is 15.5 Å².